The highest BCUT2D eigenvalue weighted by atomic mass is 35.5. The third-order valence-electron chi connectivity index (χ3n) is 1.54. The molecule has 0 fully saturated rings. The predicted octanol–water partition coefficient (Wildman–Crippen LogP) is 2.57. The molecule has 1 N–H and O–H groups in total. The zero-order valence-electron chi connectivity index (χ0n) is 6.38. The summed E-state index contributed by atoms with van der Waals surface area (Å²) in [4.78, 5) is 1.17. The van der Waals surface area contributed by atoms with Gasteiger partial charge in [-0.2, -0.15) is 0 Å². The van der Waals surface area contributed by atoms with Crippen LogP contribution in [0.3, 0.4) is 0 Å². The van der Waals surface area contributed by atoms with Gasteiger partial charge in [0.2, 0.25) is 0 Å². The monoisotopic (exact) mass is 190 g/mol. The van der Waals surface area contributed by atoms with Crippen molar-refractivity contribution >= 4 is 22.9 Å². The number of hydrogen-bond donors (Lipinski definition) is 1. The number of aliphatic hydroxyl groups is 1. The summed E-state index contributed by atoms with van der Waals surface area (Å²) in [5, 5.41) is 11.6. The van der Waals surface area contributed by atoms with Crippen molar-refractivity contribution in [2.45, 2.75) is 13.3 Å². The van der Waals surface area contributed by atoms with Gasteiger partial charge in [0.1, 0.15) is 0 Å². The van der Waals surface area contributed by atoms with Crippen LogP contribution in [0.2, 0.25) is 5.02 Å². The molecule has 1 aromatic heterocycles. The molecule has 3 heteroatoms. The van der Waals surface area contributed by atoms with E-state index < -0.39 is 0 Å². The average molecular weight is 191 g/mol. The van der Waals surface area contributed by atoms with E-state index in [1.165, 1.54) is 4.88 Å². The number of rotatable bonds is 3. The first-order chi connectivity index (χ1) is 5.24. The van der Waals surface area contributed by atoms with Crippen LogP contribution < -0.4 is 0 Å². The lowest BCUT2D eigenvalue weighted by molar-refractivity contribution is 0.237. The fraction of sp³-hybridized carbons (Fsp3) is 0.500. The third kappa shape index (κ3) is 2.47. The van der Waals surface area contributed by atoms with Gasteiger partial charge in [-0.1, -0.05) is 18.5 Å². The number of thiophene rings is 1. The molecule has 0 aliphatic carbocycles. The van der Waals surface area contributed by atoms with Gasteiger partial charge in [0, 0.05) is 11.5 Å². The van der Waals surface area contributed by atoms with Crippen molar-refractivity contribution < 1.29 is 5.11 Å². The molecule has 1 heterocycles. The molecule has 1 nitrogen and oxygen atoms in total. The second-order valence-corrected chi connectivity index (χ2v) is 4.09. The van der Waals surface area contributed by atoms with Crippen LogP contribution in [-0.2, 0) is 6.42 Å². The highest BCUT2D eigenvalue weighted by Crippen LogP contribution is 2.24. The predicted molar refractivity (Wildman–Crippen MR) is 49.3 cm³/mol. The van der Waals surface area contributed by atoms with Crippen molar-refractivity contribution in [3.8, 4) is 0 Å². The van der Waals surface area contributed by atoms with E-state index in [1.54, 1.807) is 11.3 Å². The average Bonchev–Trinajstić information content (AvgIpc) is 2.37. The highest BCUT2D eigenvalue weighted by Gasteiger charge is 2.06. The van der Waals surface area contributed by atoms with E-state index in [1.807, 2.05) is 18.4 Å². The van der Waals surface area contributed by atoms with Gasteiger partial charge < -0.3 is 5.11 Å². The molecule has 0 aliphatic heterocycles. The topological polar surface area (TPSA) is 20.2 Å². The molecule has 0 bridgehead atoms. The van der Waals surface area contributed by atoms with Crippen molar-refractivity contribution in [3.63, 3.8) is 0 Å². The Morgan fingerprint density at radius 1 is 1.73 bits per heavy atom. The third-order valence-corrected chi connectivity index (χ3v) is 2.95. The Kier molecular flexibility index (Phi) is 3.37. The number of halogens is 1. The Labute approximate surface area is 75.6 Å². The quantitative estimate of drug-likeness (QED) is 0.777. The molecule has 0 amide bonds. The van der Waals surface area contributed by atoms with Crippen molar-refractivity contribution in [2.75, 3.05) is 6.61 Å². The van der Waals surface area contributed by atoms with Gasteiger partial charge in [0.05, 0.1) is 5.02 Å². The van der Waals surface area contributed by atoms with Gasteiger partial charge in [-0.3, -0.25) is 0 Å². The van der Waals surface area contributed by atoms with Crippen LogP contribution in [-0.4, -0.2) is 11.7 Å². The molecule has 0 radical (unpaired) electrons. The summed E-state index contributed by atoms with van der Waals surface area (Å²) in [7, 11) is 0. The van der Waals surface area contributed by atoms with Gasteiger partial charge in [-0.05, 0) is 23.8 Å². The van der Waals surface area contributed by atoms with Gasteiger partial charge in [-0.15, -0.1) is 11.3 Å². The van der Waals surface area contributed by atoms with E-state index in [2.05, 4.69) is 0 Å². The second kappa shape index (κ2) is 4.10. The van der Waals surface area contributed by atoms with Crippen LogP contribution in [0.5, 0.6) is 0 Å². The number of hydrogen-bond acceptors (Lipinski definition) is 2. The molecule has 0 saturated carbocycles. The van der Waals surface area contributed by atoms with Crippen molar-refractivity contribution in [1.29, 1.82) is 0 Å². The Hall–Kier alpha value is -0.0500. The lowest BCUT2D eigenvalue weighted by atomic mass is 10.1. The van der Waals surface area contributed by atoms with Gasteiger partial charge in [-0.25, -0.2) is 0 Å². The Morgan fingerprint density at radius 2 is 2.45 bits per heavy atom. The Bertz CT molecular complexity index is 222. The normalized spacial score (nSPS) is 13.4. The maximum Gasteiger partial charge on any atom is 0.0545 e. The lowest BCUT2D eigenvalue weighted by Crippen LogP contribution is -2.03. The first kappa shape index (κ1) is 9.04. The molecule has 0 spiro atoms. The molecular weight excluding hydrogens is 180 g/mol. The minimum Gasteiger partial charge on any atom is -0.396 e. The van der Waals surface area contributed by atoms with E-state index >= 15 is 0 Å². The molecule has 62 valence electrons. The highest BCUT2D eigenvalue weighted by molar-refractivity contribution is 7.10. The minimum atomic E-state index is 0.230. The fourth-order valence-corrected chi connectivity index (χ4v) is 2.13. The van der Waals surface area contributed by atoms with Crippen LogP contribution in [0, 0.1) is 5.92 Å². The summed E-state index contributed by atoms with van der Waals surface area (Å²) in [6, 6.07) is 1.89. The summed E-state index contributed by atoms with van der Waals surface area (Å²) >= 11 is 7.52. The maximum absolute atomic E-state index is 8.79. The van der Waals surface area contributed by atoms with Crippen molar-refractivity contribution in [3.05, 3.63) is 21.3 Å². The minimum absolute atomic E-state index is 0.230. The zero-order valence-corrected chi connectivity index (χ0v) is 7.95. The molecule has 1 unspecified atom stereocenters. The van der Waals surface area contributed by atoms with E-state index in [9.17, 15) is 0 Å². The van der Waals surface area contributed by atoms with E-state index in [4.69, 9.17) is 16.7 Å². The summed E-state index contributed by atoms with van der Waals surface area (Å²) in [5.74, 6) is 0.311. The summed E-state index contributed by atoms with van der Waals surface area (Å²) in [6.45, 7) is 2.24. The smallest absolute Gasteiger partial charge is 0.0545 e. The van der Waals surface area contributed by atoms with Gasteiger partial charge in [0.15, 0.2) is 0 Å². The first-order valence-electron chi connectivity index (χ1n) is 3.56. The van der Waals surface area contributed by atoms with E-state index in [0.717, 1.165) is 11.4 Å². The van der Waals surface area contributed by atoms with Crippen molar-refractivity contribution in [2.24, 2.45) is 5.92 Å². The van der Waals surface area contributed by atoms with Crippen LogP contribution in [0.15, 0.2) is 11.4 Å². The lowest BCUT2D eigenvalue weighted by Gasteiger charge is -2.04. The molecule has 0 aromatic carbocycles. The molecule has 0 aliphatic rings. The summed E-state index contributed by atoms with van der Waals surface area (Å²) in [6.07, 6.45) is 0.882. The van der Waals surface area contributed by atoms with Crippen LogP contribution in [0.1, 0.15) is 11.8 Å². The second-order valence-electron chi connectivity index (χ2n) is 2.68. The van der Waals surface area contributed by atoms with Gasteiger partial charge >= 0.3 is 0 Å². The fourth-order valence-electron chi connectivity index (χ4n) is 0.852. The van der Waals surface area contributed by atoms with E-state index in [-0.39, 0.29) is 6.61 Å². The van der Waals surface area contributed by atoms with E-state index in [0.29, 0.717) is 5.92 Å². The number of aliphatic hydroxyl groups excluding tert-OH is 1. The maximum atomic E-state index is 8.79. The standard InChI is InChI=1S/C8H11ClOS/c1-6(5-10)4-8-7(9)2-3-11-8/h2-3,6,10H,4-5H2,1H3. The molecule has 1 rings (SSSR count). The van der Waals surface area contributed by atoms with Gasteiger partial charge in [0.25, 0.3) is 0 Å². The molecular formula is C8H11ClOS. The van der Waals surface area contributed by atoms with Crippen molar-refractivity contribution in [1.82, 2.24) is 0 Å². The summed E-state index contributed by atoms with van der Waals surface area (Å²) < 4.78 is 0. The van der Waals surface area contributed by atoms with Crippen LogP contribution >= 0.6 is 22.9 Å². The van der Waals surface area contributed by atoms with Crippen LogP contribution in [0.25, 0.3) is 0 Å². The Balaban J connectivity index is 2.56. The molecule has 0 saturated heterocycles. The zero-order chi connectivity index (χ0) is 8.27. The largest absolute Gasteiger partial charge is 0.396 e. The Morgan fingerprint density at radius 3 is 2.91 bits per heavy atom. The molecule has 1 aromatic rings. The first-order valence-corrected chi connectivity index (χ1v) is 4.82. The molecule has 1 atom stereocenters. The SMILES string of the molecule is CC(CO)Cc1sccc1Cl. The van der Waals surface area contributed by atoms with Crippen LogP contribution in [0.4, 0.5) is 0 Å². The molecule has 11 heavy (non-hydrogen) atoms. The summed E-state index contributed by atoms with van der Waals surface area (Å²) in [5.41, 5.74) is 0.